The normalized spacial score (nSPS) is 15.3. The molecule has 0 aliphatic carbocycles. The van der Waals surface area contributed by atoms with Crippen molar-refractivity contribution in [3.63, 3.8) is 0 Å². The summed E-state index contributed by atoms with van der Waals surface area (Å²) in [6, 6.07) is 8.87. The van der Waals surface area contributed by atoms with Gasteiger partial charge in [-0.1, -0.05) is 56.2 Å². The summed E-state index contributed by atoms with van der Waals surface area (Å²) in [4.78, 5) is 2.56. The van der Waals surface area contributed by atoms with Crippen LogP contribution >= 0.6 is 11.3 Å². The molecule has 2 nitrogen and oxygen atoms in total. The van der Waals surface area contributed by atoms with Gasteiger partial charge in [0.15, 0.2) is 0 Å². The second-order valence-electron chi connectivity index (χ2n) is 8.09. The van der Waals surface area contributed by atoms with E-state index in [1.807, 2.05) is 0 Å². The van der Waals surface area contributed by atoms with Gasteiger partial charge in [0, 0.05) is 17.3 Å². The van der Waals surface area contributed by atoms with Gasteiger partial charge in [0.1, 0.15) is 20.4 Å². The Balaban J connectivity index is 1.55. The van der Waals surface area contributed by atoms with Crippen molar-refractivity contribution in [3.05, 3.63) is 51.7 Å². The van der Waals surface area contributed by atoms with Crippen molar-refractivity contribution in [2.24, 2.45) is 0 Å². The fourth-order valence-corrected chi connectivity index (χ4v) is 4.23. The van der Waals surface area contributed by atoms with E-state index < -0.39 is 8.07 Å². The minimum Gasteiger partial charge on any atom is -0.487 e. The van der Waals surface area contributed by atoms with Crippen LogP contribution in [0.2, 0.25) is 19.6 Å². The number of likely N-dealkylation sites (tertiary alicyclic amines) is 1. The van der Waals surface area contributed by atoms with Gasteiger partial charge >= 0.3 is 0 Å². The maximum Gasteiger partial charge on any atom is 0.146 e. The molecule has 1 aromatic carbocycles. The number of piperidine rings is 1. The van der Waals surface area contributed by atoms with Crippen LogP contribution in [0, 0.1) is 11.5 Å². The van der Waals surface area contributed by atoms with Crippen molar-refractivity contribution < 1.29 is 4.74 Å². The molecule has 0 bridgehead atoms. The number of ether oxygens (including phenoxy) is 1. The lowest BCUT2D eigenvalue weighted by Gasteiger charge is -2.26. The van der Waals surface area contributed by atoms with Gasteiger partial charge in [-0.2, -0.15) is 0 Å². The molecule has 0 saturated carbocycles. The number of hydrogen-bond donors (Lipinski definition) is 0. The van der Waals surface area contributed by atoms with Gasteiger partial charge < -0.3 is 4.74 Å². The third-order valence-corrected chi connectivity index (χ3v) is 6.07. The first kappa shape index (κ1) is 19.2. The lowest BCUT2D eigenvalue weighted by Crippen LogP contribution is -2.29. The smallest absolute Gasteiger partial charge is 0.146 e. The molecular formula is C22H29NOSSi. The highest BCUT2D eigenvalue weighted by atomic mass is 32.1. The third-order valence-electron chi connectivity index (χ3n) is 4.47. The fraction of sp³-hybridized carbons (Fsp3) is 0.455. The summed E-state index contributed by atoms with van der Waals surface area (Å²) in [5.74, 6) is 4.23. The van der Waals surface area contributed by atoms with E-state index in [9.17, 15) is 0 Å². The summed E-state index contributed by atoms with van der Waals surface area (Å²) >= 11 is 1.66. The van der Waals surface area contributed by atoms with Crippen molar-refractivity contribution in [1.29, 1.82) is 0 Å². The van der Waals surface area contributed by atoms with Gasteiger partial charge in [0.25, 0.3) is 0 Å². The topological polar surface area (TPSA) is 12.5 Å². The molecule has 3 rings (SSSR count). The molecule has 0 atom stereocenters. The second-order valence-corrected chi connectivity index (χ2v) is 13.6. The minimum absolute atomic E-state index is 0.600. The van der Waals surface area contributed by atoms with Gasteiger partial charge in [-0.15, -0.1) is 16.9 Å². The first-order chi connectivity index (χ1) is 12.5. The van der Waals surface area contributed by atoms with E-state index in [1.165, 1.54) is 43.5 Å². The quantitative estimate of drug-likeness (QED) is 0.496. The summed E-state index contributed by atoms with van der Waals surface area (Å²) in [6.45, 7) is 10.9. The van der Waals surface area contributed by atoms with Gasteiger partial charge in [0.05, 0.1) is 5.56 Å². The Hall–Kier alpha value is -1.54. The van der Waals surface area contributed by atoms with Crippen LogP contribution in [0.5, 0.6) is 5.75 Å². The number of thiophene rings is 1. The van der Waals surface area contributed by atoms with E-state index in [2.05, 4.69) is 71.0 Å². The first-order valence-electron chi connectivity index (χ1n) is 9.52. The highest BCUT2D eigenvalue weighted by Crippen LogP contribution is 2.24. The Kier molecular flexibility index (Phi) is 6.58. The van der Waals surface area contributed by atoms with Crippen molar-refractivity contribution in [1.82, 2.24) is 4.90 Å². The predicted octanol–water partition coefficient (Wildman–Crippen LogP) is 5.54. The van der Waals surface area contributed by atoms with Crippen LogP contribution in [0.1, 0.15) is 36.0 Å². The van der Waals surface area contributed by atoms with Crippen LogP contribution in [-0.4, -0.2) is 26.1 Å². The molecule has 138 valence electrons. The summed E-state index contributed by atoms with van der Waals surface area (Å²) < 4.78 is 6.03. The monoisotopic (exact) mass is 383 g/mol. The Labute approximate surface area is 163 Å². The summed E-state index contributed by atoms with van der Waals surface area (Å²) in [5, 5.41) is 4.14. The van der Waals surface area contributed by atoms with Crippen LogP contribution in [-0.2, 0) is 13.2 Å². The van der Waals surface area contributed by atoms with Crippen LogP contribution < -0.4 is 4.74 Å². The average molecular weight is 384 g/mol. The zero-order valence-electron chi connectivity index (χ0n) is 16.2. The first-order valence-corrected chi connectivity index (χ1v) is 14.0. The molecule has 26 heavy (non-hydrogen) atoms. The van der Waals surface area contributed by atoms with Crippen molar-refractivity contribution in [2.75, 3.05) is 13.1 Å². The van der Waals surface area contributed by atoms with Crippen LogP contribution in [0.3, 0.4) is 0 Å². The number of hydrogen-bond acceptors (Lipinski definition) is 3. The molecule has 0 amide bonds. The van der Waals surface area contributed by atoms with Gasteiger partial charge in [-0.05, 0) is 37.1 Å². The molecule has 0 spiro atoms. The van der Waals surface area contributed by atoms with E-state index in [1.54, 1.807) is 11.3 Å². The second kappa shape index (κ2) is 8.90. The summed E-state index contributed by atoms with van der Waals surface area (Å²) in [7, 11) is -1.36. The SMILES string of the molecule is C[Si](C)(C)C#Cc1cscc1OCc1ccc(CN2CCCCC2)cc1. The molecule has 1 aliphatic heterocycles. The molecule has 1 saturated heterocycles. The van der Waals surface area contributed by atoms with Gasteiger partial charge in [-0.25, -0.2) is 0 Å². The largest absolute Gasteiger partial charge is 0.487 e. The molecule has 1 fully saturated rings. The third kappa shape index (κ3) is 6.02. The van der Waals surface area contributed by atoms with Crippen molar-refractivity contribution >= 4 is 19.4 Å². The molecular weight excluding hydrogens is 354 g/mol. The molecule has 1 aromatic heterocycles. The van der Waals surface area contributed by atoms with E-state index in [-0.39, 0.29) is 0 Å². The van der Waals surface area contributed by atoms with Crippen molar-refractivity contribution in [2.45, 2.75) is 52.1 Å². The molecule has 1 aliphatic rings. The Morgan fingerprint density at radius 1 is 1.00 bits per heavy atom. The number of nitrogens with zero attached hydrogens (tertiary/aromatic N) is 1. The highest BCUT2D eigenvalue weighted by molar-refractivity contribution is 7.08. The van der Waals surface area contributed by atoms with E-state index in [0.717, 1.165) is 17.9 Å². The van der Waals surface area contributed by atoms with E-state index >= 15 is 0 Å². The molecule has 0 unspecified atom stereocenters. The fourth-order valence-electron chi connectivity index (χ4n) is 3.02. The number of rotatable bonds is 5. The zero-order chi connectivity index (χ0) is 18.4. The predicted molar refractivity (Wildman–Crippen MR) is 114 cm³/mol. The Morgan fingerprint density at radius 3 is 2.38 bits per heavy atom. The highest BCUT2D eigenvalue weighted by Gasteiger charge is 2.11. The summed E-state index contributed by atoms with van der Waals surface area (Å²) in [5.41, 5.74) is 7.05. The number of benzene rings is 1. The van der Waals surface area contributed by atoms with Gasteiger partial charge in [-0.3, -0.25) is 4.90 Å². The lowest BCUT2D eigenvalue weighted by molar-refractivity contribution is 0.221. The van der Waals surface area contributed by atoms with E-state index in [0.29, 0.717) is 6.61 Å². The van der Waals surface area contributed by atoms with Crippen LogP contribution in [0.15, 0.2) is 35.0 Å². The lowest BCUT2D eigenvalue weighted by atomic mass is 10.1. The Bertz CT molecular complexity index is 758. The van der Waals surface area contributed by atoms with Crippen molar-refractivity contribution in [3.8, 4) is 17.2 Å². The molecule has 2 aromatic rings. The molecule has 0 N–H and O–H groups in total. The standard InChI is InChI=1S/C22H29NOSSi/c1-26(2,3)14-11-21-17-25-18-22(21)24-16-20-9-7-19(8-10-20)15-23-12-5-4-6-13-23/h7-10,17-18H,4-6,12-13,15-16H2,1-3H3. The van der Waals surface area contributed by atoms with E-state index in [4.69, 9.17) is 4.74 Å². The molecule has 4 heteroatoms. The van der Waals surface area contributed by atoms with Gasteiger partial charge in [0.2, 0.25) is 0 Å². The zero-order valence-corrected chi connectivity index (χ0v) is 18.0. The average Bonchev–Trinajstić information content (AvgIpc) is 3.07. The summed E-state index contributed by atoms with van der Waals surface area (Å²) in [6.07, 6.45) is 4.07. The van der Waals surface area contributed by atoms with Crippen LogP contribution in [0.4, 0.5) is 0 Å². The minimum atomic E-state index is -1.36. The maximum atomic E-state index is 6.03. The molecule has 2 heterocycles. The molecule has 0 radical (unpaired) electrons. The maximum absolute atomic E-state index is 6.03. The van der Waals surface area contributed by atoms with Crippen LogP contribution in [0.25, 0.3) is 0 Å². The Morgan fingerprint density at radius 2 is 1.69 bits per heavy atom.